The Kier molecular flexibility index (Phi) is 5.65. The zero-order chi connectivity index (χ0) is 18.5. The maximum absolute atomic E-state index is 12.1. The van der Waals surface area contributed by atoms with Gasteiger partial charge in [-0.3, -0.25) is 14.9 Å². The van der Waals surface area contributed by atoms with Gasteiger partial charge in [0.05, 0.1) is 21.7 Å². The Labute approximate surface area is 157 Å². The van der Waals surface area contributed by atoms with E-state index in [9.17, 15) is 14.9 Å². The maximum atomic E-state index is 12.1. The summed E-state index contributed by atoms with van der Waals surface area (Å²) < 4.78 is 7.09. The standard InChI is InChI=1S/C18H14N2O4S2/c1-2-24-14-8-9-15-16(11-14)25-18(19-15)26-17(21)10-5-12-3-6-13(7-4-12)20(22)23/h3-11H,2H2,1H3. The number of carbonyl (C=O) groups is 1. The first kappa shape index (κ1) is 18.1. The normalized spacial score (nSPS) is 11.1. The van der Waals surface area contributed by atoms with Crippen molar-refractivity contribution in [2.75, 3.05) is 6.61 Å². The number of carbonyl (C=O) groups excluding carboxylic acids is 1. The van der Waals surface area contributed by atoms with Crippen molar-refractivity contribution in [2.24, 2.45) is 0 Å². The zero-order valence-corrected chi connectivity index (χ0v) is 15.4. The fraction of sp³-hybridized carbons (Fsp3) is 0.111. The molecule has 0 aliphatic carbocycles. The third kappa shape index (κ3) is 4.47. The SMILES string of the molecule is CCOc1ccc2nc(SC(=O)C=Cc3ccc([N+](=O)[O-])cc3)sc2c1. The van der Waals surface area contributed by atoms with Gasteiger partial charge in [0, 0.05) is 12.1 Å². The van der Waals surface area contributed by atoms with E-state index in [0.717, 1.165) is 33.3 Å². The quantitative estimate of drug-likeness (QED) is 0.258. The van der Waals surface area contributed by atoms with Crippen molar-refractivity contribution in [1.82, 2.24) is 4.98 Å². The summed E-state index contributed by atoms with van der Waals surface area (Å²) >= 11 is 2.48. The molecule has 3 aromatic rings. The van der Waals surface area contributed by atoms with Crippen LogP contribution in [0.4, 0.5) is 5.69 Å². The van der Waals surface area contributed by atoms with Gasteiger partial charge in [0.15, 0.2) is 4.34 Å². The largest absolute Gasteiger partial charge is 0.494 e. The van der Waals surface area contributed by atoms with Crippen LogP contribution in [0.15, 0.2) is 52.9 Å². The summed E-state index contributed by atoms with van der Waals surface area (Å²) in [6.45, 7) is 2.52. The molecule has 0 amide bonds. The number of hydrogen-bond acceptors (Lipinski definition) is 7. The predicted molar refractivity (Wildman–Crippen MR) is 104 cm³/mol. The number of aromatic nitrogens is 1. The van der Waals surface area contributed by atoms with E-state index in [0.29, 0.717) is 10.9 Å². The number of thiazole rings is 1. The molecule has 0 aliphatic heterocycles. The topological polar surface area (TPSA) is 82.3 Å². The number of nitro benzene ring substituents is 1. The molecule has 0 N–H and O–H groups in total. The van der Waals surface area contributed by atoms with Crippen molar-refractivity contribution < 1.29 is 14.5 Å². The molecule has 1 heterocycles. The van der Waals surface area contributed by atoms with E-state index >= 15 is 0 Å². The van der Waals surface area contributed by atoms with Gasteiger partial charge in [-0.25, -0.2) is 4.98 Å². The molecule has 6 nitrogen and oxygen atoms in total. The molecular weight excluding hydrogens is 372 g/mol. The Morgan fingerprint density at radius 1 is 1.31 bits per heavy atom. The molecule has 1 aromatic heterocycles. The van der Waals surface area contributed by atoms with Gasteiger partial charge < -0.3 is 4.74 Å². The second-order valence-corrected chi connectivity index (χ2v) is 7.43. The summed E-state index contributed by atoms with van der Waals surface area (Å²) in [5.41, 5.74) is 1.56. The minimum Gasteiger partial charge on any atom is -0.494 e. The first-order valence-electron chi connectivity index (χ1n) is 7.73. The number of nitrogens with zero attached hydrogens (tertiary/aromatic N) is 2. The van der Waals surface area contributed by atoms with Crippen molar-refractivity contribution in [1.29, 1.82) is 0 Å². The molecular formula is C18H14N2O4S2. The van der Waals surface area contributed by atoms with Crippen LogP contribution in [0, 0.1) is 10.1 Å². The maximum Gasteiger partial charge on any atom is 0.269 e. The number of thioether (sulfide) groups is 1. The van der Waals surface area contributed by atoms with E-state index < -0.39 is 4.92 Å². The molecule has 8 heteroatoms. The van der Waals surface area contributed by atoms with E-state index in [2.05, 4.69) is 4.98 Å². The van der Waals surface area contributed by atoms with E-state index in [1.165, 1.54) is 29.5 Å². The highest BCUT2D eigenvalue weighted by atomic mass is 32.2. The Bertz CT molecular complexity index is 981. The van der Waals surface area contributed by atoms with Gasteiger partial charge in [0.1, 0.15) is 5.75 Å². The molecule has 0 radical (unpaired) electrons. The lowest BCUT2D eigenvalue weighted by molar-refractivity contribution is -0.384. The Morgan fingerprint density at radius 2 is 2.08 bits per heavy atom. The molecule has 3 rings (SSSR count). The fourth-order valence-electron chi connectivity index (χ4n) is 2.18. The molecule has 0 bridgehead atoms. The predicted octanol–water partition coefficient (Wildman–Crippen LogP) is 4.94. The minimum atomic E-state index is -0.460. The van der Waals surface area contributed by atoms with Crippen molar-refractivity contribution >= 4 is 50.2 Å². The summed E-state index contributed by atoms with van der Waals surface area (Å²) in [6, 6.07) is 11.6. The number of non-ortho nitro benzene ring substituents is 1. The Balaban J connectivity index is 1.67. The minimum absolute atomic E-state index is 0.0174. The molecule has 26 heavy (non-hydrogen) atoms. The van der Waals surface area contributed by atoms with Crippen LogP contribution in [-0.4, -0.2) is 21.6 Å². The lowest BCUT2D eigenvalue weighted by Crippen LogP contribution is -1.89. The molecule has 0 saturated carbocycles. The van der Waals surface area contributed by atoms with Gasteiger partial charge in [-0.15, -0.1) is 11.3 Å². The second-order valence-electron chi connectivity index (χ2n) is 5.15. The number of benzene rings is 2. The first-order valence-corrected chi connectivity index (χ1v) is 9.36. The third-order valence-electron chi connectivity index (χ3n) is 3.35. The van der Waals surface area contributed by atoms with Crippen LogP contribution in [0.3, 0.4) is 0 Å². The number of hydrogen-bond donors (Lipinski definition) is 0. The molecule has 0 aliphatic rings. The van der Waals surface area contributed by atoms with E-state index in [-0.39, 0.29) is 10.8 Å². The van der Waals surface area contributed by atoms with Crippen LogP contribution >= 0.6 is 23.1 Å². The summed E-state index contributed by atoms with van der Waals surface area (Å²) in [5.74, 6) is 0.782. The summed E-state index contributed by atoms with van der Waals surface area (Å²) in [5, 5.41) is 10.5. The zero-order valence-electron chi connectivity index (χ0n) is 13.7. The lowest BCUT2D eigenvalue weighted by atomic mass is 10.2. The van der Waals surface area contributed by atoms with Crippen LogP contribution in [0.1, 0.15) is 12.5 Å². The first-order chi connectivity index (χ1) is 12.5. The summed E-state index contributed by atoms with van der Waals surface area (Å²) in [7, 11) is 0. The molecule has 0 unspecified atom stereocenters. The monoisotopic (exact) mass is 386 g/mol. The van der Waals surface area contributed by atoms with Gasteiger partial charge >= 0.3 is 0 Å². The molecule has 0 atom stereocenters. The van der Waals surface area contributed by atoms with E-state index in [1.807, 2.05) is 25.1 Å². The Hall–Kier alpha value is -2.71. The second kappa shape index (κ2) is 8.11. The average Bonchev–Trinajstić information content (AvgIpc) is 3.02. The number of ether oxygens (including phenoxy) is 1. The smallest absolute Gasteiger partial charge is 0.269 e. The number of fused-ring (bicyclic) bond motifs is 1. The molecule has 0 spiro atoms. The lowest BCUT2D eigenvalue weighted by Gasteiger charge is -2.00. The fourth-order valence-corrected chi connectivity index (χ4v) is 4.04. The molecule has 2 aromatic carbocycles. The highest BCUT2D eigenvalue weighted by Crippen LogP contribution is 2.32. The van der Waals surface area contributed by atoms with Gasteiger partial charge in [0.25, 0.3) is 5.69 Å². The van der Waals surface area contributed by atoms with Crippen molar-refractivity contribution in [3.05, 3.63) is 64.2 Å². The van der Waals surface area contributed by atoms with Crippen LogP contribution < -0.4 is 4.74 Å². The van der Waals surface area contributed by atoms with Gasteiger partial charge in [-0.05, 0) is 60.7 Å². The average molecular weight is 386 g/mol. The third-order valence-corrected chi connectivity index (χ3v) is 5.27. The highest BCUT2D eigenvalue weighted by molar-refractivity contribution is 8.15. The number of nitro groups is 1. The van der Waals surface area contributed by atoms with Crippen LogP contribution in [0.5, 0.6) is 5.75 Å². The summed E-state index contributed by atoms with van der Waals surface area (Å²) in [4.78, 5) is 26.7. The van der Waals surface area contributed by atoms with Crippen LogP contribution in [0.2, 0.25) is 0 Å². The summed E-state index contributed by atoms with van der Waals surface area (Å²) in [6.07, 6.45) is 3.06. The number of rotatable bonds is 6. The van der Waals surface area contributed by atoms with E-state index in [1.54, 1.807) is 18.2 Å². The van der Waals surface area contributed by atoms with Crippen LogP contribution in [0.25, 0.3) is 16.3 Å². The highest BCUT2D eigenvalue weighted by Gasteiger charge is 2.09. The van der Waals surface area contributed by atoms with Gasteiger partial charge in [-0.1, -0.05) is 6.08 Å². The van der Waals surface area contributed by atoms with Crippen molar-refractivity contribution in [2.45, 2.75) is 11.3 Å². The molecule has 0 fully saturated rings. The molecule has 0 saturated heterocycles. The van der Waals surface area contributed by atoms with Gasteiger partial charge in [-0.2, -0.15) is 0 Å². The van der Waals surface area contributed by atoms with Crippen molar-refractivity contribution in [3.8, 4) is 5.75 Å². The van der Waals surface area contributed by atoms with E-state index in [4.69, 9.17) is 4.74 Å². The van der Waals surface area contributed by atoms with Gasteiger partial charge in [0.2, 0.25) is 5.12 Å². The van der Waals surface area contributed by atoms with Crippen LogP contribution in [-0.2, 0) is 4.79 Å². The Morgan fingerprint density at radius 3 is 2.77 bits per heavy atom. The molecule has 132 valence electrons. The van der Waals surface area contributed by atoms with Crippen molar-refractivity contribution in [3.63, 3.8) is 0 Å².